The smallest absolute Gasteiger partial charge is 0.226 e. The van der Waals surface area contributed by atoms with Crippen molar-refractivity contribution in [2.45, 2.75) is 19.8 Å². The number of aryl methyl sites for hydroxylation is 1. The van der Waals surface area contributed by atoms with Crippen molar-refractivity contribution in [3.8, 4) is 11.3 Å². The summed E-state index contributed by atoms with van der Waals surface area (Å²) in [6.45, 7) is 4.37. The normalized spacial score (nSPS) is 11.5. The number of hydrogen-bond donors (Lipinski definition) is 0. The highest BCUT2D eigenvalue weighted by atomic mass is 35.5. The molecule has 0 saturated heterocycles. The first kappa shape index (κ1) is 13.9. The number of fused-ring (bicyclic) bond motifs is 1. The van der Waals surface area contributed by atoms with E-state index in [0.29, 0.717) is 5.92 Å². The summed E-state index contributed by atoms with van der Waals surface area (Å²) in [5.74, 6) is 0.407. The molecule has 0 spiro atoms. The summed E-state index contributed by atoms with van der Waals surface area (Å²) in [5, 5.41) is 1.39. The lowest BCUT2D eigenvalue weighted by Gasteiger charge is -2.05. The summed E-state index contributed by atoms with van der Waals surface area (Å²) in [6, 6.07) is 3.96. The lowest BCUT2D eigenvalue weighted by atomic mass is 10.1. The van der Waals surface area contributed by atoms with Crippen LogP contribution in [0.15, 0.2) is 24.5 Å². The lowest BCUT2D eigenvalue weighted by molar-refractivity contribution is -0.730. The Labute approximate surface area is 128 Å². The van der Waals surface area contributed by atoms with E-state index in [-0.39, 0.29) is 5.28 Å². The molecule has 5 nitrogen and oxygen atoms in total. The van der Waals surface area contributed by atoms with E-state index in [1.165, 1.54) is 5.69 Å². The SMILES string of the molecule is CC(C)c1c2cc(-c3ccnc(Cl)n3)cnc2[n+](C)n1C. The molecule has 3 heterocycles. The Kier molecular flexibility index (Phi) is 3.37. The Hall–Kier alpha value is -2.01. The molecule has 6 heteroatoms. The highest BCUT2D eigenvalue weighted by molar-refractivity contribution is 6.28. The quantitative estimate of drug-likeness (QED) is 0.540. The summed E-state index contributed by atoms with van der Waals surface area (Å²) < 4.78 is 4.19. The number of rotatable bonds is 2. The van der Waals surface area contributed by atoms with Gasteiger partial charge < -0.3 is 0 Å². The fourth-order valence-corrected chi connectivity index (χ4v) is 2.85. The molecule has 0 aromatic carbocycles. The monoisotopic (exact) mass is 302 g/mol. The summed E-state index contributed by atoms with van der Waals surface area (Å²) in [6.07, 6.45) is 3.48. The fourth-order valence-electron chi connectivity index (χ4n) is 2.70. The van der Waals surface area contributed by atoms with Crippen LogP contribution >= 0.6 is 11.6 Å². The first-order valence-electron chi connectivity index (χ1n) is 6.82. The van der Waals surface area contributed by atoms with E-state index in [1.807, 2.05) is 19.3 Å². The van der Waals surface area contributed by atoms with E-state index >= 15 is 0 Å². The molecule has 0 amide bonds. The molecule has 108 valence electrons. The maximum atomic E-state index is 5.87. The maximum absolute atomic E-state index is 5.87. The molecule has 0 bridgehead atoms. The van der Waals surface area contributed by atoms with Gasteiger partial charge in [0.15, 0.2) is 0 Å². The van der Waals surface area contributed by atoms with Crippen LogP contribution in [-0.2, 0) is 14.1 Å². The zero-order valence-electron chi connectivity index (χ0n) is 12.5. The molecular formula is C15H17ClN5+. The minimum atomic E-state index is 0.246. The van der Waals surface area contributed by atoms with Gasteiger partial charge in [-0.1, -0.05) is 13.8 Å². The second-order valence-corrected chi connectivity index (χ2v) is 5.73. The highest BCUT2D eigenvalue weighted by Crippen LogP contribution is 2.26. The van der Waals surface area contributed by atoms with Gasteiger partial charge in [-0.2, -0.15) is 4.68 Å². The van der Waals surface area contributed by atoms with Crippen LogP contribution in [0.25, 0.3) is 22.3 Å². The predicted octanol–water partition coefficient (Wildman–Crippen LogP) is 2.63. The molecule has 0 atom stereocenters. The standard InChI is InChI=1S/C15H17ClN5/c1-9(2)13-11-7-10(12-5-6-17-15(16)19-12)8-18-14(11)21(4)20(13)3/h5-9H,1-4H3/q+1. The van der Waals surface area contributed by atoms with Crippen LogP contribution in [0.3, 0.4) is 0 Å². The van der Waals surface area contributed by atoms with Crippen molar-refractivity contribution in [2.24, 2.45) is 14.1 Å². The first-order chi connectivity index (χ1) is 9.99. The van der Waals surface area contributed by atoms with Crippen LogP contribution in [0.4, 0.5) is 0 Å². The Morgan fingerprint density at radius 2 is 2.05 bits per heavy atom. The van der Waals surface area contributed by atoms with Crippen molar-refractivity contribution in [1.29, 1.82) is 0 Å². The van der Waals surface area contributed by atoms with Crippen LogP contribution in [0, 0.1) is 0 Å². The second kappa shape index (κ2) is 5.07. The molecular weight excluding hydrogens is 286 g/mol. The van der Waals surface area contributed by atoms with E-state index in [9.17, 15) is 0 Å². The Morgan fingerprint density at radius 1 is 1.29 bits per heavy atom. The molecule has 0 radical (unpaired) electrons. The van der Waals surface area contributed by atoms with Crippen molar-refractivity contribution in [3.05, 3.63) is 35.5 Å². The van der Waals surface area contributed by atoms with Gasteiger partial charge >= 0.3 is 5.65 Å². The molecule has 3 aromatic heterocycles. The first-order valence-corrected chi connectivity index (χ1v) is 7.20. The zero-order valence-corrected chi connectivity index (χ0v) is 13.3. The molecule has 0 aliphatic heterocycles. The van der Waals surface area contributed by atoms with Gasteiger partial charge in [-0.3, -0.25) is 0 Å². The summed E-state index contributed by atoms with van der Waals surface area (Å²) in [4.78, 5) is 12.8. The zero-order chi connectivity index (χ0) is 15.1. The maximum Gasteiger partial charge on any atom is 0.350 e. The Morgan fingerprint density at radius 3 is 2.71 bits per heavy atom. The van der Waals surface area contributed by atoms with Gasteiger partial charge in [0.25, 0.3) is 0 Å². The Balaban J connectivity index is 2.27. The predicted molar refractivity (Wildman–Crippen MR) is 82.0 cm³/mol. The van der Waals surface area contributed by atoms with Gasteiger partial charge in [0.05, 0.1) is 16.8 Å². The van der Waals surface area contributed by atoms with Gasteiger partial charge in [0.1, 0.15) is 13.2 Å². The number of nitrogens with zero attached hydrogens (tertiary/aromatic N) is 5. The minimum Gasteiger partial charge on any atom is -0.226 e. The van der Waals surface area contributed by atoms with Crippen molar-refractivity contribution >= 4 is 22.6 Å². The van der Waals surface area contributed by atoms with Crippen molar-refractivity contribution < 1.29 is 4.68 Å². The van der Waals surface area contributed by atoms with Crippen LogP contribution in [-0.4, -0.2) is 19.6 Å². The average Bonchev–Trinajstić information content (AvgIpc) is 2.70. The largest absolute Gasteiger partial charge is 0.350 e. The molecule has 0 unspecified atom stereocenters. The van der Waals surface area contributed by atoms with Gasteiger partial charge in [0.2, 0.25) is 5.28 Å². The van der Waals surface area contributed by atoms with Crippen molar-refractivity contribution in [1.82, 2.24) is 19.6 Å². The highest BCUT2D eigenvalue weighted by Gasteiger charge is 2.22. The number of halogens is 1. The third kappa shape index (κ3) is 2.27. The van der Waals surface area contributed by atoms with Gasteiger partial charge in [-0.25, -0.2) is 14.6 Å². The van der Waals surface area contributed by atoms with E-state index in [1.54, 1.807) is 6.20 Å². The second-order valence-electron chi connectivity index (χ2n) is 5.39. The molecule has 3 aromatic rings. The molecule has 0 saturated carbocycles. The van der Waals surface area contributed by atoms with E-state index in [0.717, 1.165) is 22.3 Å². The van der Waals surface area contributed by atoms with Crippen molar-refractivity contribution in [2.75, 3.05) is 0 Å². The Bertz CT molecular complexity index is 822. The van der Waals surface area contributed by atoms with Crippen molar-refractivity contribution in [3.63, 3.8) is 0 Å². The van der Waals surface area contributed by atoms with E-state index in [4.69, 9.17) is 11.6 Å². The summed E-state index contributed by atoms with van der Waals surface area (Å²) in [7, 11) is 4.07. The number of pyridine rings is 1. The lowest BCUT2D eigenvalue weighted by Crippen LogP contribution is -2.38. The molecule has 3 rings (SSSR count). The van der Waals surface area contributed by atoms with Crippen LogP contribution < -0.4 is 4.68 Å². The van der Waals surface area contributed by atoms with Crippen LogP contribution in [0.2, 0.25) is 5.28 Å². The third-order valence-electron chi connectivity index (χ3n) is 3.72. The fraction of sp³-hybridized carbons (Fsp3) is 0.333. The van der Waals surface area contributed by atoms with Crippen LogP contribution in [0.5, 0.6) is 0 Å². The molecule has 21 heavy (non-hydrogen) atoms. The minimum absolute atomic E-state index is 0.246. The van der Waals surface area contributed by atoms with Crippen LogP contribution in [0.1, 0.15) is 25.5 Å². The molecule has 0 aliphatic carbocycles. The third-order valence-corrected chi connectivity index (χ3v) is 3.90. The topological polar surface area (TPSA) is 47.5 Å². The number of hydrogen-bond acceptors (Lipinski definition) is 3. The molecule has 0 aliphatic rings. The van der Waals surface area contributed by atoms with E-state index < -0.39 is 0 Å². The number of aromatic nitrogens is 5. The van der Waals surface area contributed by atoms with Gasteiger partial charge in [-0.15, -0.1) is 0 Å². The average molecular weight is 303 g/mol. The molecule has 0 fully saturated rings. The van der Waals surface area contributed by atoms with E-state index in [2.05, 4.69) is 51.3 Å². The van der Waals surface area contributed by atoms with Gasteiger partial charge in [0, 0.05) is 18.8 Å². The summed E-state index contributed by atoms with van der Waals surface area (Å²) >= 11 is 5.87. The molecule has 0 N–H and O–H groups in total. The van der Waals surface area contributed by atoms with Gasteiger partial charge in [-0.05, 0) is 34.6 Å². The summed E-state index contributed by atoms with van der Waals surface area (Å²) in [5.41, 5.74) is 3.94.